The molecular formula is C11H18O3. The van der Waals surface area contributed by atoms with E-state index in [1.165, 1.54) is 6.92 Å². The van der Waals surface area contributed by atoms with Crippen LogP contribution < -0.4 is 0 Å². The van der Waals surface area contributed by atoms with Crippen LogP contribution in [0.4, 0.5) is 0 Å². The van der Waals surface area contributed by atoms with Gasteiger partial charge in [-0.15, -0.1) is 0 Å². The van der Waals surface area contributed by atoms with Crippen molar-refractivity contribution in [1.82, 2.24) is 0 Å². The van der Waals surface area contributed by atoms with E-state index < -0.39 is 0 Å². The molecule has 0 bridgehead atoms. The summed E-state index contributed by atoms with van der Waals surface area (Å²) in [6, 6.07) is 0. The minimum Gasteiger partial charge on any atom is -0.462 e. The van der Waals surface area contributed by atoms with Gasteiger partial charge in [0.15, 0.2) is 0 Å². The van der Waals surface area contributed by atoms with Crippen LogP contribution in [0.2, 0.25) is 0 Å². The smallest absolute Gasteiger partial charge is 0.302 e. The summed E-state index contributed by atoms with van der Waals surface area (Å²) in [5.41, 5.74) is 1.01. The fourth-order valence-corrected chi connectivity index (χ4v) is 1.15. The number of carbonyl (C=O) groups is 2. The van der Waals surface area contributed by atoms with Gasteiger partial charge in [0.2, 0.25) is 0 Å². The molecule has 14 heavy (non-hydrogen) atoms. The molecule has 0 aliphatic rings. The van der Waals surface area contributed by atoms with E-state index in [1.807, 2.05) is 26.8 Å². The minimum atomic E-state index is -0.272. The lowest BCUT2D eigenvalue weighted by Crippen LogP contribution is -2.19. The lowest BCUT2D eigenvalue weighted by molar-refractivity contribution is -0.146. The normalized spacial score (nSPS) is 15.9. The van der Waals surface area contributed by atoms with Crippen LogP contribution in [0.15, 0.2) is 11.6 Å². The molecule has 80 valence electrons. The average molecular weight is 198 g/mol. The Morgan fingerprint density at radius 2 is 1.93 bits per heavy atom. The van der Waals surface area contributed by atoms with Gasteiger partial charge in [-0.05, 0) is 13.8 Å². The van der Waals surface area contributed by atoms with E-state index in [2.05, 4.69) is 0 Å². The van der Waals surface area contributed by atoms with Crippen LogP contribution in [0, 0.1) is 5.92 Å². The number of rotatable bonds is 5. The van der Waals surface area contributed by atoms with E-state index in [1.54, 1.807) is 0 Å². The molecule has 0 spiro atoms. The molecule has 0 saturated heterocycles. The Labute approximate surface area is 85.1 Å². The Morgan fingerprint density at radius 3 is 2.36 bits per heavy atom. The molecule has 0 heterocycles. The van der Waals surface area contributed by atoms with Gasteiger partial charge in [-0.2, -0.15) is 0 Å². The molecule has 3 heteroatoms. The molecule has 0 radical (unpaired) electrons. The third kappa shape index (κ3) is 5.51. The van der Waals surface area contributed by atoms with E-state index in [9.17, 15) is 9.59 Å². The zero-order valence-electron chi connectivity index (χ0n) is 9.24. The molecule has 0 aromatic carbocycles. The van der Waals surface area contributed by atoms with Gasteiger partial charge in [-0.25, -0.2) is 0 Å². The second-order valence-electron chi connectivity index (χ2n) is 3.56. The van der Waals surface area contributed by atoms with Crippen molar-refractivity contribution in [2.75, 3.05) is 0 Å². The van der Waals surface area contributed by atoms with E-state index in [0.717, 1.165) is 11.9 Å². The molecule has 2 atom stereocenters. The van der Waals surface area contributed by atoms with Crippen molar-refractivity contribution in [3.05, 3.63) is 11.6 Å². The van der Waals surface area contributed by atoms with E-state index in [4.69, 9.17) is 4.74 Å². The number of esters is 1. The standard InChI is InChI=1S/C11H18O3/c1-8(5-6-12)7-9(2)10(3)14-11(4)13/h6-7,9-10H,5H2,1-4H3/b8-7+/t9-,10+/m0/s1. The van der Waals surface area contributed by atoms with Gasteiger partial charge in [0, 0.05) is 19.3 Å². The summed E-state index contributed by atoms with van der Waals surface area (Å²) in [4.78, 5) is 20.9. The van der Waals surface area contributed by atoms with Crippen molar-refractivity contribution in [3.63, 3.8) is 0 Å². The summed E-state index contributed by atoms with van der Waals surface area (Å²) < 4.78 is 5.02. The van der Waals surface area contributed by atoms with Crippen molar-refractivity contribution in [1.29, 1.82) is 0 Å². The number of aldehydes is 1. The fourth-order valence-electron chi connectivity index (χ4n) is 1.15. The van der Waals surface area contributed by atoms with Gasteiger partial charge in [0.05, 0.1) is 0 Å². The SMILES string of the molecule is CC(=O)O[C@H](C)[C@@H](C)/C=C(\C)CC=O. The summed E-state index contributed by atoms with van der Waals surface area (Å²) in [5, 5.41) is 0. The Morgan fingerprint density at radius 1 is 1.36 bits per heavy atom. The summed E-state index contributed by atoms with van der Waals surface area (Å²) in [6.07, 6.45) is 3.13. The monoisotopic (exact) mass is 198 g/mol. The number of hydrogen-bond acceptors (Lipinski definition) is 3. The number of hydrogen-bond donors (Lipinski definition) is 0. The quantitative estimate of drug-likeness (QED) is 0.386. The highest BCUT2D eigenvalue weighted by atomic mass is 16.5. The van der Waals surface area contributed by atoms with E-state index in [0.29, 0.717) is 6.42 Å². The van der Waals surface area contributed by atoms with Crippen molar-refractivity contribution in [3.8, 4) is 0 Å². The molecule has 0 rings (SSSR count). The third-order valence-corrected chi connectivity index (χ3v) is 2.05. The Bertz CT molecular complexity index is 231. The molecule has 3 nitrogen and oxygen atoms in total. The lowest BCUT2D eigenvalue weighted by Gasteiger charge is -2.17. The second kappa shape index (κ2) is 6.35. The highest BCUT2D eigenvalue weighted by Gasteiger charge is 2.12. The zero-order chi connectivity index (χ0) is 11.1. The van der Waals surface area contributed by atoms with Gasteiger partial charge in [-0.1, -0.05) is 18.6 Å². The van der Waals surface area contributed by atoms with Crippen LogP contribution in [-0.2, 0) is 14.3 Å². The molecule has 0 aromatic heterocycles. The summed E-state index contributed by atoms with van der Waals surface area (Å²) >= 11 is 0. The highest BCUT2D eigenvalue weighted by molar-refractivity contribution is 5.66. The van der Waals surface area contributed by atoms with Crippen LogP contribution >= 0.6 is 0 Å². The Hall–Kier alpha value is -1.12. The molecule has 0 unspecified atom stereocenters. The van der Waals surface area contributed by atoms with Crippen LogP contribution in [-0.4, -0.2) is 18.4 Å². The molecule has 0 saturated carbocycles. The first-order valence-corrected chi connectivity index (χ1v) is 4.75. The van der Waals surface area contributed by atoms with Gasteiger partial charge in [0.25, 0.3) is 0 Å². The number of allylic oxidation sites excluding steroid dienone is 1. The molecule has 0 fully saturated rings. The van der Waals surface area contributed by atoms with Crippen LogP contribution in [0.25, 0.3) is 0 Å². The molecule has 0 aliphatic heterocycles. The molecule has 0 aliphatic carbocycles. The Balaban J connectivity index is 4.17. The first-order chi connectivity index (χ1) is 6.47. The maximum atomic E-state index is 10.7. The Kier molecular flexibility index (Phi) is 5.84. The maximum Gasteiger partial charge on any atom is 0.302 e. The van der Waals surface area contributed by atoms with Crippen LogP contribution in [0.5, 0.6) is 0 Å². The van der Waals surface area contributed by atoms with Gasteiger partial charge < -0.3 is 9.53 Å². The predicted molar refractivity (Wildman–Crippen MR) is 54.8 cm³/mol. The number of ether oxygens (including phenoxy) is 1. The first-order valence-electron chi connectivity index (χ1n) is 4.75. The predicted octanol–water partition coefficient (Wildman–Crippen LogP) is 2.11. The van der Waals surface area contributed by atoms with Crippen LogP contribution in [0.3, 0.4) is 0 Å². The molecule has 0 N–H and O–H groups in total. The van der Waals surface area contributed by atoms with Crippen molar-refractivity contribution < 1.29 is 14.3 Å². The summed E-state index contributed by atoms with van der Waals surface area (Å²) in [6.45, 7) is 7.09. The van der Waals surface area contributed by atoms with Gasteiger partial charge in [-0.3, -0.25) is 4.79 Å². The van der Waals surface area contributed by atoms with Crippen molar-refractivity contribution in [2.24, 2.45) is 5.92 Å². The zero-order valence-corrected chi connectivity index (χ0v) is 9.24. The molecule has 0 amide bonds. The van der Waals surface area contributed by atoms with E-state index >= 15 is 0 Å². The fraction of sp³-hybridized carbons (Fsp3) is 0.636. The second-order valence-corrected chi connectivity index (χ2v) is 3.56. The van der Waals surface area contributed by atoms with Crippen molar-refractivity contribution >= 4 is 12.3 Å². The third-order valence-electron chi connectivity index (χ3n) is 2.05. The van der Waals surface area contributed by atoms with Gasteiger partial charge >= 0.3 is 5.97 Å². The maximum absolute atomic E-state index is 10.7. The molecular weight excluding hydrogens is 180 g/mol. The lowest BCUT2D eigenvalue weighted by atomic mass is 10.0. The average Bonchev–Trinajstić information content (AvgIpc) is 2.02. The summed E-state index contributed by atoms with van der Waals surface area (Å²) in [5.74, 6) is -0.135. The molecule has 0 aromatic rings. The van der Waals surface area contributed by atoms with Gasteiger partial charge in [0.1, 0.15) is 12.4 Å². The number of carbonyl (C=O) groups excluding carboxylic acids is 2. The van der Waals surface area contributed by atoms with Crippen LogP contribution in [0.1, 0.15) is 34.1 Å². The summed E-state index contributed by atoms with van der Waals surface area (Å²) in [7, 11) is 0. The minimum absolute atomic E-state index is 0.138. The first kappa shape index (κ1) is 12.9. The van der Waals surface area contributed by atoms with E-state index in [-0.39, 0.29) is 18.0 Å². The topological polar surface area (TPSA) is 43.4 Å². The highest BCUT2D eigenvalue weighted by Crippen LogP contribution is 2.12. The van der Waals surface area contributed by atoms with Crippen molar-refractivity contribution in [2.45, 2.75) is 40.2 Å². The largest absolute Gasteiger partial charge is 0.462 e.